The topological polar surface area (TPSA) is 31.4 Å². The molecule has 520 valence electrons. The van der Waals surface area contributed by atoms with E-state index in [1.165, 1.54) is 89.3 Å². The van der Waals surface area contributed by atoms with Crippen LogP contribution in [0, 0.1) is 55.4 Å². The highest BCUT2D eigenvalue weighted by atomic mass is 16.5. The minimum Gasteiger partial charge on any atom is -0.494 e. The molecule has 0 saturated heterocycles. The molecular formula is C96H104N4O2. The van der Waals surface area contributed by atoms with Crippen molar-refractivity contribution < 1.29 is 9.47 Å². The maximum Gasteiger partial charge on any atom is 0.119 e. The SMILES string of the molecule is CCCCOc1cc(C)c(N(c2ccc(C)cc2)c2ccc(N(c3ccc(C)cc3)c3c(C)cc(OCCCC)cc3C)cc2)c(C)c1.Cc1ccc(N(c2ccc(-c3ccc(C(C)(C)C)cc3)cc2)c2ccc(N(c3ccc(C)cc3)c3ccc(-c4ccc(C(C)(C)C)cc4)cc3)cc2)cc1. The molecule has 12 aromatic rings. The Labute approximate surface area is 610 Å². The van der Waals surface area contributed by atoms with Crippen LogP contribution in [-0.4, -0.2) is 13.2 Å². The van der Waals surface area contributed by atoms with Crippen molar-refractivity contribution in [3.05, 3.63) is 323 Å². The van der Waals surface area contributed by atoms with Crippen molar-refractivity contribution in [1.29, 1.82) is 0 Å². The number of nitrogens with zero attached hydrogens (tertiary/aromatic N) is 4. The summed E-state index contributed by atoms with van der Waals surface area (Å²) >= 11 is 0. The summed E-state index contributed by atoms with van der Waals surface area (Å²) in [7, 11) is 0. The molecule has 0 atom stereocenters. The van der Waals surface area contributed by atoms with E-state index in [1.54, 1.807) is 0 Å². The summed E-state index contributed by atoms with van der Waals surface area (Å²) < 4.78 is 12.2. The minimum atomic E-state index is 0.133. The quantitative estimate of drug-likeness (QED) is 0.0629. The third-order valence-corrected chi connectivity index (χ3v) is 19.2. The molecule has 0 aliphatic rings. The summed E-state index contributed by atoms with van der Waals surface area (Å²) in [4.78, 5) is 9.43. The van der Waals surface area contributed by atoms with Crippen LogP contribution in [0.5, 0.6) is 11.5 Å². The van der Waals surface area contributed by atoms with Gasteiger partial charge in [-0.3, -0.25) is 0 Å². The van der Waals surface area contributed by atoms with Crippen molar-refractivity contribution >= 4 is 68.2 Å². The summed E-state index contributed by atoms with van der Waals surface area (Å²) in [6.45, 7) is 36.7. The van der Waals surface area contributed by atoms with Gasteiger partial charge in [0.05, 0.1) is 24.6 Å². The summed E-state index contributed by atoms with van der Waals surface area (Å²) in [5, 5.41) is 0. The smallest absolute Gasteiger partial charge is 0.119 e. The number of unbranched alkanes of at least 4 members (excludes halogenated alkanes) is 2. The first-order valence-electron chi connectivity index (χ1n) is 36.6. The van der Waals surface area contributed by atoms with Crippen LogP contribution < -0.4 is 29.1 Å². The third-order valence-electron chi connectivity index (χ3n) is 19.2. The second-order valence-corrected chi connectivity index (χ2v) is 29.7. The zero-order valence-electron chi connectivity index (χ0n) is 63.3. The highest BCUT2D eigenvalue weighted by Gasteiger charge is 2.24. The first-order chi connectivity index (χ1) is 49.0. The predicted molar refractivity (Wildman–Crippen MR) is 439 cm³/mol. The maximum atomic E-state index is 6.12. The van der Waals surface area contributed by atoms with Gasteiger partial charge in [-0.05, 0) is 280 Å². The van der Waals surface area contributed by atoms with Crippen LogP contribution in [0.25, 0.3) is 22.3 Å². The van der Waals surface area contributed by atoms with Crippen molar-refractivity contribution in [2.75, 3.05) is 32.8 Å². The second-order valence-electron chi connectivity index (χ2n) is 29.7. The van der Waals surface area contributed by atoms with Gasteiger partial charge in [-0.2, -0.15) is 0 Å². The monoisotopic (exact) mass is 1340 g/mol. The highest BCUT2D eigenvalue weighted by Crippen LogP contribution is 2.46. The zero-order valence-corrected chi connectivity index (χ0v) is 63.3. The Morgan fingerprint density at radius 3 is 0.637 bits per heavy atom. The number of benzene rings is 12. The van der Waals surface area contributed by atoms with Gasteiger partial charge in [-0.15, -0.1) is 0 Å². The number of hydrogen-bond acceptors (Lipinski definition) is 6. The van der Waals surface area contributed by atoms with Crippen LogP contribution in [0.1, 0.15) is 137 Å². The van der Waals surface area contributed by atoms with Crippen molar-refractivity contribution in [2.24, 2.45) is 0 Å². The predicted octanol–water partition coefficient (Wildman–Crippen LogP) is 28.0. The van der Waals surface area contributed by atoms with Crippen molar-refractivity contribution in [1.82, 2.24) is 0 Å². The van der Waals surface area contributed by atoms with E-state index >= 15 is 0 Å². The van der Waals surface area contributed by atoms with E-state index in [1.807, 2.05) is 0 Å². The maximum absolute atomic E-state index is 6.12. The molecule has 0 bridgehead atoms. The highest BCUT2D eigenvalue weighted by molar-refractivity contribution is 5.87. The molecule has 6 heteroatoms. The van der Waals surface area contributed by atoms with Crippen LogP contribution in [0.4, 0.5) is 68.2 Å². The Morgan fingerprint density at radius 1 is 0.245 bits per heavy atom. The molecule has 6 nitrogen and oxygen atoms in total. The van der Waals surface area contributed by atoms with Crippen LogP contribution in [0.2, 0.25) is 0 Å². The number of aryl methyl sites for hydroxylation is 8. The van der Waals surface area contributed by atoms with Crippen LogP contribution in [0.15, 0.2) is 267 Å². The van der Waals surface area contributed by atoms with E-state index in [-0.39, 0.29) is 10.8 Å². The van der Waals surface area contributed by atoms with Gasteiger partial charge in [0.25, 0.3) is 0 Å². The summed E-state index contributed by atoms with van der Waals surface area (Å²) in [6.07, 6.45) is 4.34. The molecule has 0 N–H and O–H groups in total. The molecule has 0 aliphatic heterocycles. The fourth-order valence-electron chi connectivity index (χ4n) is 13.3. The molecule has 0 spiro atoms. The molecule has 0 amide bonds. The van der Waals surface area contributed by atoms with Crippen molar-refractivity contribution in [3.63, 3.8) is 0 Å². The Kier molecular flexibility index (Phi) is 23.1. The molecule has 0 aromatic heterocycles. The van der Waals surface area contributed by atoms with Gasteiger partial charge in [0.15, 0.2) is 0 Å². The average Bonchev–Trinajstić information content (AvgIpc) is 0.775. The van der Waals surface area contributed by atoms with Crippen LogP contribution in [-0.2, 0) is 10.8 Å². The molecule has 0 heterocycles. The fourth-order valence-corrected chi connectivity index (χ4v) is 13.3. The van der Waals surface area contributed by atoms with Gasteiger partial charge in [0.2, 0.25) is 0 Å². The molecule has 0 unspecified atom stereocenters. The summed E-state index contributed by atoms with van der Waals surface area (Å²) in [6, 6.07) is 97.6. The molecule has 102 heavy (non-hydrogen) atoms. The van der Waals surface area contributed by atoms with Gasteiger partial charge in [-0.1, -0.05) is 212 Å². The third kappa shape index (κ3) is 17.6. The molecule has 0 fully saturated rings. The lowest BCUT2D eigenvalue weighted by molar-refractivity contribution is 0.309. The Balaban J connectivity index is 0.000000207. The molecule has 0 aliphatic carbocycles. The summed E-state index contributed by atoms with van der Waals surface area (Å²) in [5.74, 6) is 1.87. The lowest BCUT2D eigenvalue weighted by atomic mass is 9.86. The van der Waals surface area contributed by atoms with E-state index in [4.69, 9.17) is 9.47 Å². The number of hydrogen-bond donors (Lipinski definition) is 0. The van der Waals surface area contributed by atoms with E-state index in [9.17, 15) is 0 Å². The Bertz CT molecular complexity index is 4330. The van der Waals surface area contributed by atoms with Crippen molar-refractivity contribution in [2.45, 2.75) is 147 Å². The first kappa shape index (κ1) is 72.7. The van der Waals surface area contributed by atoms with Gasteiger partial charge in [0.1, 0.15) is 11.5 Å². The zero-order chi connectivity index (χ0) is 72.2. The van der Waals surface area contributed by atoms with Crippen LogP contribution >= 0.6 is 0 Å². The van der Waals surface area contributed by atoms with Gasteiger partial charge in [0, 0.05) is 56.9 Å². The molecular weight excluding hydrogens is 1240 g/mol. The van der Waals surface area contributed by atoms with E-state index in [0.717, 1.165) is 107 Å². The van der Waals surface area contributed by atoms with E-state index < -0.39 is 0 Å². The first-order valence-corrected chi connectivity index (χ1v) is 36.6. The lowest BCUT2D eigenvalue weighted by Gasteiger charge is -2.31. The van der Waals surface area contributed by atoms with Crippen molar-refractivity contribution in [3.8, 4) is 33.8 Å². The van der Waals surface area contributed by atoms with Gasteiger partial charge >= 0.3 is 0 Å². The van der Waals surface area contributed by atoms with Gasteiger partial charge < -0.3 is 29.1 Å². The van der Waals surface area contributed by atoms with E-state index in [2.05, 4.69) is 397 Å². The number of anilines is 12. The normalized spacial score (nSPS) is 11.4. The number of ether oxygens (including phenoxy) is 2. The average molecular weight is 1350 g/mol. The van der Waals surface area contributed by atoms with E-state index in [0.29, 0.717) is 0 Å². The van der Waals surface area contributed by atoms with Crippen LogP contribution in [0.3, 0.4) is 0 Å². The largest absolute Gasteiger partial charge is 0.494 e. The summed E-state index contributed by atoms with van der Waals surface area (Å²) in [5.41, 5.74) is 31.0. The molecule has 0 saturated carbocycles. The molecule has 0 radical (unpaired) electrons. The Hall–Kier alpha value is -10.6. The minimum absolute atomic E-state index is 0.133. The molecule has 12 aromatic carbocycles. The standard InChI is InChI=1S/C52H52N2.C44H52N2O2/c1-37-9-25-45(26-10-37)53(47-29-17-41(18-30-47)39-13-21-43(22-14-39)51(3,4)5)49-33-35-50(36-34-49)54(46-27-11-38(2)12-28-46)48-31-19-42(20-32-48)40-15-23-44(24-16-40)52(6,7)8;1-9-11-25-47-41-27-33(5)43(34(6)28-41)45(37-17-13-31(3)14-18-37)39-21-23-40(24-22-39)46(38-19-15-32(4)16-20-38)44-35(7)29-42(30-36(44)8)48-26-12-10-2/h9-36H,1-8H3;13-24,27-30H,9-12,25-26H2,1-8H3. The lowest BCUT2D eigenvalue weighted by Crippen LogP contribution is -2.15. The fraction of sp³-hybridized carbons (Fsp3) is 0.250. The Morgan fingerprint density at radius 2 is 0.431 bits per heavy atom. The molecule has 12 rings (SSSR count). The second kappa shape index (κ2) is 32.4. The number of rotatable bonds is 22. The van der Waals surface area contributed by atoms with Gasteiger partial charge in [-0.25, -0.2) is 0 Å².